The Morgan fingerprint density at radius 3 is 0.618 bits per heavy atom. The van der Waals surface area contributed by atoms with Crippen molar-refractivity contribution in [3.63, 3.8) is 0 Å². The molecule has 1 aromatic rings. The molecule has 0 saturated heterocycles. The van der Waals surface area contributed by atoms with Gasteiger partial charge in [-0.05, 0) is 0 Å². The van der Waals surface area contributed by atoms with Crippen molar-refractivity contribution in [3.05, 3.63) is 42.5 Å². The summed E-state index contributed by atoms with van der Waals surface area (Å²) >= 11 is 0. The third kappa shape index (κ3) is 1080. The Bertz CT molecular complexity index is 381. The minimum Gasteiger partial charge on any atom is -0.418 e. The second-order valence-corrected chi connectivity index (χ2v) is 3.33. The Labute approximate surface area is 193 Å². The molecule has 1 aromatic carbocycles. The minimum absolute atomic E-state index is 0. The van der Waals surface area contributed by atoms with Gasteiger partial charge < -0.3 is 83.4 Å². The largest absolute Gasteiger partial charge is 3.00 e. The zero-order valence-electron chi connectivity index (χ0n) is 16.2. The molecule has 0 bridgehead atoms. The topological polar surface area (TPSA) is 51.2 Å². The molecule has 0 saturated carbocycles. The Balaban J connectivity index is -0.0000000392. The average molecular weight is 580 g/mol. The number of halogens is 16. The van der Waals surface area contributed by atoms with Gasteiger partial charge in [0, 0.05) is 42.5 Å². The van der Waals surface area contributed by atoms with Crippen molar-refractivity contribution >= 4 is 49.4 Å². The van der Waals surface area contributed by atoms with E-state index >= 15 is 0 Å². The molecule has 0 heterocycles. The molecule has 0 spiro atoms. The van der Waals surface area contributed by atoms with Gasteiger partial charge >= 0.3 is 46.4 Å². The molecule has 0 aliphatic heterocycles. The fraction of sp³-hybridized carbons (Fsp3) is 0. The van der Waals surface area contributed by atoms with Crippen molar-refractivity contribution in [2.45, 2.75) is 0 Å². The first kappa shape index (κ1) is 53.2. The maximum absolute atomic E-state index is 9.75. The van der Waals surface area contributed by atoms with Crippen LogP contribution in [0.15, 0.2) is 42.5 Å². The first-order valence-electron chi connectivity index (χ1n) is 6.69. The molecule has 0 unspecified atom stereocenters. The van der Waals surface area contributed by atoms with Crippen LogP contribution in [-0.4, -0.2) is 49.4 Å². The van der Waals surface area contributed by atoms with Gasteiger partial charge in [-0.3, -0.25) is 0 Å². The third-order valence-corrected chi connectivity index (χ3v) is 0.778. The van der Waals surface area contributed by atoms with Gasteiger partial charge in [0.1, 0.15) is 20.4 Å². The zero-order valence-corrected chi connectivity index (χ0v) is 17.4. The standard InChI is InChI=1S/C7H7.3CH2O.4BF4.Cr/c1-2-4-6-7-5-3-1;3*1-2;4*2-1(3,4)5;/h1-7H;3*1H2;;;;;/q+1;;;;4*-1;+3. The van der Waals surface area contributed by atoms with Crippen LogP contribution in [0.5, 0.6) is 0 Å². The van der Waals surface area contributed by atoms with Crippen LogP contribution in [0, 0.1) is 0 Å². The number of hydrogen-bond donors (Lipinski definition) is 0. The van der Waals surface area contributed by atoms with Crippen LogP contribution in [0.1, 0.15) is 0 Å². The van der Waals surface area contributed by atoms with E-state index in [1.807, 2.05) is 62.8 Å². The zero-order chi connectivity index (χ0) is 28.9. The molecule has 0 amide bonds. The fourth-order valence-electron chi connectivity index (χ4n) is 0.449. The summed E-state index contributed by atoms with van der Waals surface area (Å²) in [6.07, 6.45) is 0. The predicted octanol–water partition coefficient (Wildman–Crippen LogP) is 6.61. The molecule has 0 aliphatic rings. The van der Waals surface area contributed by atoms with Gasteiger partial charge in [0.05, 0.1) is 0 Å². The Morgan fingerprint density at radius 1 is 0.382 bits per heavy atom. The fourth-order valence-corrected chi connectivity index (χ4v) is 0.449. The molecule has 0 aromatic heterocycles. The molecule has 1 radical (unpaired) electrons. The predicted molar refractivity (Wildman–Crippen MR) is 93.0 cm³/mol. The second-order valence-electron chi connectivity index (χ2n) is 3.33. The summed E-state index contributed by atoms with van der Waals surface area (Å²) in [7, 11) is -24.0. The van der Waals surface area contributed by atoms with Crippen LogP contribution in [0.2, 0.25) is 0 Å². The van der Waals surface area contributed by atoms with Gasteiger partial charge in [-0.2, -0.15) is 0 Å². The van der Waals surface area contributed by atoms with Crippen molar-refractivity contribution in [1.29, 1.82) is 0 Å². The number of rotatable bonds is 0. The summed E-state index contributed by atoms with van der Waals surface area (Å²) in [6, 6.07) is 14.0. The van der Waals surface area contributed by atoms with E-state index in [4.69, 9.17) is 14.4 Å². The van der Waals surface area contributed by atoms with E-state index in [-0.39, 0.29) is 17.4 Å². The van der Waals surface area contributed by atoms with Gasteiger partial charge in [0.2, 0.25) is 0 Å². The summed E-state index contributed by atoms with van der Waals surface area (Å²) in [6.45, 7) is 6.00. The van der Waals surface area contributed by atoms with Gasteiger partial charge in [0.25, 0.3) is 0 Å². The summed E-state index contributed by atoms with van der Waals surface area (Å²) in [4.78, 5) is 24.0. The number of carbonyl (C=O) groups excluding carboxylic acids is 3. The average Bonchev–Trinajstić information content (AvgIpc) is 2.87. The third-order valence-electron chi connectivity index (χ3n) is 0.778. The quantitative estimate of drug-likeness (QED) is 0.197. The first-order valence-corrected chi connectivity index (χ1v) is 6.69. The van der Waals surface area contributed by atoms with Crippen molar-refractivity contribution in [2.24, 2.45) is 0 Å². The summed E-state index contributed by atoms with van der Waals surface area (Å²) in [5.74, 6) is 0. The monoisotopic (exact) mass is 581 g/mol. The molecule has 0 N–H and O–H groups in total. The van der Waals surface area contributed by atoms with Gasteiger partial charge in [0.15, 0.2) is 0 Å². The van der Waals surface area contributed by atoms with E-state index in [1.54, 1.807) is 0 Å². The van der Waals surface area contributed by atoms with E-state index in [2.05, 4.69) is 0 Å². The molecular weight excluding hydrogens is 567 g/mol. The summed E-state index contributed by atoms with van der Waals surface area (Å²) in [5, 5.41) is 0. The molecule has 24 heteroatoms. The van der Waals surface area contributed by atoms with E-state index in [0.29, 0.717) is 0 Å². The normalized spacial score (nSPS) is 9.06. The van der Waals surface area contributed by atoms with Crippen LogP contribution in [0.4, 0.5) is 69.1 Å². The van der Waals surface area contributed by atoms with E-state index < -0.39 is 29.0 Å². The Kier molecular flexibility index (Phi) is 51.6. The van der Waals surface area contributed by atoms with Gasteiger partial charge in [-0.1, -0.05) is 0 Å². The van der Waals surface area contributed by atoms with Crippen LogP contribution in [0.25, 0.3) is 0 Å². The van der Waals surface area contributed by atoms with Crippen molar-refractivity contribution in [1.82, 2.24) is 0 Å². The minimum atomic E-state index is -6.00. The molecule has 0 aliphatic carbocycles. The van der Waals surface area contributed by atoms with E-state index in [0.717, 1.165) is 0 Å². The molecule has 3 nitrogen and oxygen atoms in total. The van der Waals surface area contributed by atoms with Crippen molar-refractivity contribution in [2.75, 3.05) is 0 Å². The van der Waals surface area contributed by atoms with Crippen LogP contribution < -0.4 is 0 Å². The van der Waals surface area contributed by atoms with E-state index in [9.17, 15) is 69.1 Å². The van der Waals surface area contributed by atoms with Crippen LogP contribution >= 0.6 is 0 Å². The summed E-state index contributed by atoms with van der Waals surface area (Å²) in [5.41, 5.74) is 0. The molecular formula is C10H13B4CrF16O3. The van der Waals surface area contributed by atoms with Gasteiger partial charge in [-0.15, -0.1) is 0 Å². The first-order chi connectivity index (χ1) is 14.5. The smallest absolute Gasteiger partial charge is 0.418 e. The Morgan fingerprint density at radius 2 is 0.500 bits per heavy atom. The SMILES string of the molecule is C=O.C=O.C=O.F[B-](F)(F)F.F[B-](F)(F)F.F[B-](F)(F)F.F[B-](F)(F)F.[Cr+3].c1ccc[cH+]cc1. The maximum atomic E-state index is 9.75. The summed E-state index contributed by atoms with van der Waals surface area (Å²) < 4.78 is 156. The molecule has 1 rings (SSSR count). The maximum Gasteiger partial charge on any atom is 3.00 e. The molecule has 201 valence electrons. The van der Waals surface area contributed by atoms with E-state index in [1.165, 1.54) is 0 Å². The Hall–Kier alpha value is -2.23. The van der Waals surface area contributed by atoms with Gasteiger partial charge in [-0.25, -0.2) is 0 Å². The number of carbonyl (C=O) groups is 3. The molecule has 34 heavy (non-hydrogen) atoms. The van der Waals surface area contributed by atoms with Crippen LogP contribution in [-0.2, 0) is 31.7 Å². The number of hydrogen-bond acceptors (Lipinski definition) is 3. The molecule has 0 atom stereocenters. The molecule has 0 fully saturated rings. The van der Waals surface area contributed by atoms with Crippen molar-refractivity contribution in [3.8, 4) is 0 Å². The second kappa shape index (κ2) is 32.9. The van der Waals surface area contributed by atoms with Crippen molar-refractivity contribution < 1.29 is 101 Å². The van der Waals surface area contributed by atoms with Crippen LogP contribution in [0.3, 0.4) is 0 Å².